The minimum atomic E-state index is 0.910. The van der Waals surface area contributed by atoms with E-state index in [0.717, 1.165) is 61.2 Å². The molecule has 0 unspecified atom stereocenters. The average molecular weight is 663 g/mol. The fraction of sp³-hybridized carbons (Fsp3) is 0. The quantitative estimate of drug-likeness (QED) is 0.176. The molecule has 0 amide bonds. The lowest BCUT2D eigenvalue weighted by Crippen LogP contribution is -2.01. The Hall–Kier alpha value is -7.04. The molecule has 0 radical (unpaired) electrons. The van der Waals surface area contributed by atoms with E-state index in [9.17, 15) is 0 Å². The van der Waals surface area contributed by atoms with Crippen molar-refractivity contribution in [2.45, 2.75) is 0 Å². The minimum Gasteiger partial charge on any atom is -0.307 e. The topological polar surface area (TPSA) is 35.6 Å². The molecule has 0 fully saturated rings. The molecule has 0 spiro atoms. The molecule has 0 N–H and O–H groups in total. The number of hydrogen-bond acceptors (Lipinski definition) is 2. The standard InChI is InChI=1S/C48H30N4/c1-3-15-31(16-4-1)42-29-33(30-43(50-42)46-38-21-7-11-23-40(38)49-41-24-12-8-22-39(41)46)52-45-26-14-10-20-35(45)37-28-27-36-34-19-9-13-25-44(34)51(47(36)48(37)52)32-17-5-2-6-18-32/h1-30H. The van der Waals surface area contributed by atoms with Crippen LogP contribution in [0.5, 0.6) is 0 Å². The molecule has 0 aliphatic carbocycles. The number of rotatable bonds is 4. The van der Waals surface area contributed by atoms with Crippen molar-refractivity contribution in [3.8, 4) is 33.9 Å². The molecular weight excluding hydrogens is 633 g/mol. The zero-order valence-electron chi connectivity index (χ0n) is 28.1. The monoisotopic (exact) mass is 662 g/mol. The maximum Gasteiger partial charge on any atom is 0.0788 e. The van der Waals surface area contributed by atoms with Crippen molar-refractivity contribution < 1.29 is 0 Å². The van der Waals surface area contributed by atoms with E-state index in [1.807, 2.05) is 0 Å². The van der Waals surface area contributed by atoms with E-state index in [0.29, 0.717) is 0 Å². The Balaban J connectivity index is 1.33. The molecule has 7 aromatic carbocycles. The lowest BCUT2D eigenvalue weighted by atomic mass is 9.98. The molecule has 0 aliphatic heterocycles. The van der Waals surface area contributed by atoms with Crippen LogP contribution < -0.4 is 0 Å². The lowest BCUT2D eigenvalue weighted by molar-refractivity contribution is 1.14. The van der Waals surface area contributed by atoms with E-state index in [1.165, 1.54) is 38.1 Å². The molecule has 0 saturated carbocycles. The molecule has 0 aliphatic rings. The highest BCUT2D eigenvalue weighted by Crippen LogP contribution is 2.43. The van der Waals surface area contributed by atoms with E-state index in [-0.39, 0.29) is 0 Å². The van der Waals surface area contributed by atoms with Crippen molar-refractivity contribution in [3.05, 3.63) is 182 Å². The number of hydrogen-bond donors (Lipinski definition) is 0. The number of para-hydroxylation sites is 5. The van der Waals surface area contributed by atoms with Crippen LogP contribution in [0.15, 0.2) is 182 Å². The smallest absolute Gasteiger partial charge is 0.0788 e. The Kier molecular flexibility index (Phi) is 6.22. The van der Waals surface area contributed by atoms with Gasteiger partial charge in [-0.05, 0) is 48.5 Å². The van der Waals surface area contributed by atoms with Crippen LogP contribution in [0.25, 0.3) is 99.3 Å². The van der Waals surface area contributed by atoms with Gasteiger partial charge in [-0.1, -0.05) is 133 Å². The van der Waals surface area contributed by atoms with E-state index < -0.39 is 0 Å². The normalized spacial score (nSPS) is 11.8. The highest BCUT2D eigenvalue weighted by atomic mass is 15.0. The van der Waals surface area contributed by atoms with Gasteiger partial charge >= 0.3 is 0 Å². The van der Waals surface area contributed by atoms with Crippen molar-refractivity contribution in [2.75, 3.05) is 0 Å². The number of pyridine rings is 2. The van der Waals surface area contributed by atoms with Gasteiger partial charge in [-0.15, -0.1) is 0 Å². The van der Waals surface area contributed by atoms with Crippen molar-refractivity contribution in [3.63, 3.8) is 0 Å². The van der Waals surface area contributed by atoms with Gasteiger partial charge in [0.15, 0.2) is 0 Å². The Morgan fingerprint density at radius 1 is 0.327 bits per heavy atom. The number of nitrogens with zero attached hydrogens (tertiary/aromatic N) is 4. The maximum atomic E-state index is 5.46. The van der Waals surface area contributed by atoms with Gasteiger partial charge in [0.05, 0.1) is 50.2 Å². The predicted octanol–water partition coefficient (Wildman–Crippen LogP) is 12.3. The molecule has 0 bridgehead atoms. The highest BCUT2D eigenvalue weighted by molar-refractivity contribution is 6.24. The van der Waals surface area contributed by atoms with Crippen LogP contribution in [0.2, 0.25) is 0 Å². The van der Waals surface area contributed by atoms with Crippen LogP contribution in [-0.2, 0) is 0 Å². The molecule has 52 heavy (non-hydrogen) atoms. The van der Waals surface area contributed by atoms with Crippen molar-refractivity contribution in [1.29, 1.82) is 0 Å². The first-order valence-electron chi connectivity index (χ1n) is 17.7. The molecule has 0 atom stereocenters. The number of benzene rings is 7. The molecule has 11 rings (SSSR count). The van der Waals surface area contributed by atoms with Crippen LogP contribution in [0, 0.1) is 0 Å². The SMILES string of the molecule is c1ccc(-c2cc(-n3c4ccccc4c4ccc5c6ccccc6n(-c6ccccc6)c5c43)cc(-c3c4ccccc4nc4ccccc34)n2)cc1. The van der Waals surface area contributed by atoms with Crippen LogP contribution in [0.1, 0.15) is 0 Å². The number of fused-ring (bicyclic) bond motifs is 9. The van der Waals surface area contributed by atoms with E-state index >= 15 is 0 Å². The molecule has 242 valence electrons. The third-order valence-electron chi connectivity index (χ3n) is 10.5. The summed E-state index contributed by atoms with van der Waals surface area (Å²) in [6, 6.07) is 64.8. The first kappa shape index (κ1) is 28.8. The average Bonchev–Trinajstić information content (AvgIpc) is 3.74. The lowest BCUT2D eigenvalue weighted by Gasteiger charge is -2.16. The molecule has 0 saturated heterocycles. The Bertz CT molecular complexity index is 3120. The Labute approximate surface area is 299 Å². The van der Waals surface area contributed by atoms with Gasteiger partial charge < -0.3 is 9.13 Å². The molecule has 4 aromatic heterocycles. The third kappa shape index (κ3) is 4.21. The van der Waals surface area contributed by atoms with Gasteiger partial charge in [-0.2, -0.15) is 0 Å². The van der Waals surface area contributed by atoms with E-state index in [1.54, 1.807) is 0 Å². The fourth-order valence-corrected chi connectivity index (χ4v) is 8.26. The second kappa shape index (κ2) is 11.2. The second-order valence-electron chi connectivity index (χ2n) is 13.4. The number of aromatic nitrogens is 4. The molecular formula is C48H30N4. The van der Waals surface area contributed by atoms with Crippen molar-refractivity contribution >= 4 is 65.4 Å². The zero-order valence-corrected chi connectivity index (χ0v) is 28.1. The van der Waals surface area contributed by atoms with Gasteiger partial charge in [0, 0.05) is 49.1 Å². The summed E-state index contributed by atoms with van der Waals surface area (Å²) in [4.78, 5) is 10.5. The summed E-state index contributed by atoms with van der Waals surface area (Å²) in [6.45, 7) is 0. The van der Waals surface area contributed by atoms with Crippen LogP contribution in [0.3, 0.4) is 0 Å². The van der Waals surface area contributed by atoms with Crippen LogP contribution in [-0.4, -0.2) is 19.1 Å². The van der Waals surface area contributed by atoms with Gasteiger partial charge in [-0.25, -0.2) is 9.97 Å². The summed E-state index contributed by atoms with van der Waals surface area (Å²) in [6.07, 6.45) is 0. The Morgan fingerprint density at radius 3 is 1.38 bits per heavy atom. The largest absolute Gasteiger partial charge is 0.307 e. The summed E-state index contributed by atoms with van der Waals surface area (Å²) in [7, 11) is 0. The summed E-state index contributed by atoms with van der Waals surface area (Å²) < 4.78 is 4.90. The third-order valence-corrected chi connectivity index (χ3v) is 10.5. The van der Waals surface area contributed by atoms with Gasteiger partial charge in [0.25, 0.3) is 0 Å². The highest BCUT2D eigenvalue weighted by Gasteiger charge is 2.23. The van der Waals surface area contributed by atoms with Crippen molar-refractivity contribution in [2.24, 2.45) is 0 Å². The maximum absolute atomic E-state index is 5.46. The summed E-state index contributed by atoms with van der Waals surface area (Å²) in [5.74, 6) is 0. The second-order valence-corrected chi connectivity index (χ2v) is 13.4. The Morgan fingerprint density at radius 2 is 0.788 bits per heavy atom. The predicted molar refractivity (Wildman–Crippen MR) is 217 cm³/mol. The van der Waals surface area contributed by atoms with Crippen LogP contribution in [0.4, 0.5) is 0 Å². The summed E-state index contributed by atoms with van der Waals surface area (Å²) in [5, 5.41) is 7.04. The molecule has 4 heteroatoms. The van der Waals surface area contributed by atoms with Gasteiger partial charge in [0.1, 0.15) is 0 Å². The molecule has 11 aromatic rings. The first-order chi connectivity index (χ1) is 25.8. The zero-order chi connectivity index (χ0) is 34.2. The minimum absolute atomic E-state index is 0.910. The van der Waals surface area contributed by atoms with Crippen molar-refractivity contribution in [1.82, 2.24) is 19.1 Å². The van der Waals surface area contributed by atoms with Crippen LogP contribution >= 0.6 is 0 Å². The van der Waals surface area contributed by atoms with E-state index in [4.69, 9.17) is 9.97 Å². The van der Waals surface area contributed by atoms with Gasteiger partial charge in [0.2, 0.25) is 0 Å². The molecule has 4 heterocycles. The summed E-state index contributed by atoms with van der Waals surface area (Å²) in [5.41, 5.74) is 12.8. The van der Waals surface area contributed by atoms with E-state index in [2.05, 4.69) is 191 Å². The molecule has 4 nitrogen and oxygen atoms in total. The van der Waals surface area contributed by atoms with Gasteiger partial charge in [-0.3, -0.25) is 0 Å². The fourth-order valence-electron chi connectivity index (χ4n) is 8.26. The first-order valence-corrected chi connectivity index (χ1v) is 17.7. The summed E-state index contributed by atoms with van der Waals surface area (Å²) >= 11 is 0.